The molecule has 8 nitrogen and oxygen atoms in total. The van der Waals surface area contributed by atoms with Crippen LogP contribution in [0.5, 0.6) is 17.2 Å². The summed E-state index contributed by atoms with van der Waals surface area (Å²) in [5, 5.41) is 36.0. The minimum atomic E-state index is -0.360. The molecule has 340 valence electrons. The number of nitrogens with two attached hydrogens (primary N) is 2. The fourth-order valence-electron chi connectivity index (χ4n) is 8.31. The Morgan fingerprint density at radius 1 is 0.377 bits per heavy atom. The Labute approximate surface area is 401 Å². The van der Waals surface area contributed by atoms with Crippen molar-refractivity contribution in [2.45, 2.75) is 24.2 Å². The van der Waals surface area contributed by atoms with Crippen molar-refractivity contribution in [1.82, 2.24) is 0 Å². The van der Waals surface area contributed by atoms with E-state index in [-0.39, 0.29) is 41.4 Å². The third-order valence-electron chi connectivity index (χ3n) is 12.0. The monoisotopic (exact) mass is 904 g/mol. The molecule has 0 amide bonds. The number of aldehydes is 1. The van der Waals surface area contributed by atoms with E-state index in [2.05, 4.69) is 24.3 Å². The Balaban J connectivity index is 0.000000179. The Morgan fingerprint density at radius 3 is 1.28 bits per heavy atom. The van der Waals surface area contributed by atoms with E-state index in [1.54, 1.807) is 30.5 Å². The van der Waals surface area contributed by atoms with Gasteiger partial charge in [-0.3, -0.25) is 14.8 Å². The van der Waals surface area contributed by atoms with Crippen LogP contribution in [0.2, 0.25) is 0 Å². The lowest BCUT2D eigenvalue weighted by Gasteiger charge is -2.22. The Morgan fingerprint density at radius 2 is 0.768 bits per heavy atom. The number of phenols is 3. The van der Waals surface area contributed by atoms with Gasteiger partial charge in [-0.2, -0.15) is 0 Å². The van der Waals surface area contributed by atoms with Crippen molar-refractivity contribution < 1.29 is 20.1 Å². The van der Waals surface area contributed by atoms with Crippen molar-refractivity contribution in [3.05, 3.63) is 269 Å². The average Bonchev–Trinajstić information content (AvgIpc) is 3.41. The SMILES string of the molecule is N[C@H](c1ccccc1)[C@@H](N)c1ccccc1.O=Cc1c(O)ccc2ccccc12.Oc1ccc2cccc(C=N[C@@H](c3ccccc3)[C@H](N=Cc3c(O)ccc4ccccc34)c3ccccc3)c2c1. The zero-order chi connectivity index (χ0) is 48.0. The van der Waals surface area contributed by atoms with Gasteiger partial charge < -0.3 is 26.8 Å². The number of hydrogen-bond acceptors (Lipinski definition) is 8. The first-order valence-electron chi connectivity index (χ1n) is 22.6. The molecule has 8 heteroatoms. The highest BCUT2D eigenvalue weighted by Crippen LogP contribution is 2.37. The minimum absolute atomic E-state index is 0.0358. The number of phenolic OH excluding ortho intramolecular Hbond substituents is 3. The number of carbonyl (C=O) groups is 1. The van der Waals surface area contributed by atoms with Gasteiger partial charge in [-0.05, 0) is 78.8 Å². The molecule has 0 bridgehead atoms. The molecule has 4 atom stereocenters. The molecule has 0 aliphatic rings. The van der Waals surface area contributed by atoms with Gasteiger partial charge in [-0.25, -0.2) is 0 Å². The van der Waals surface area contributed by atoms with Gasteiger partial charge in [0.15, 0.2) is 6.29 Å². The molecule has 0 aromatic heterocycles. The first kappa shape index (κ1) is 46.8. The molecule has 10 aromatic rings. The number of nitrogens with zero attached hydrogens (tertiary/aromatic N) is 2. The molecule has 69 heavy (non-hydrogen) atoms. The Hall–Kier alpha value is -8.69. The summed E-state index contributed by atoms with van der Waals surface area (Å²) in [5.74, 6) is 0.438. The summed E-state index contributed by atoms with van der Waals surface area (Å²) in [6, 6.07) is 72.9. The van der Waals surface area contributed by atoms with E-state index in [0.717, 1.165) is 60.1 Å². The van der Waals surface area contributed by atoms with Crippen LogP contribution < -0.4 is 11.5 Å². The second kappa shape index (κ2) is 22.7. The zero-order valence-corrected chi connectivity index (χ0v) is 37.8. The summed E-state index contributed by atoms with van der Waals surface area (Å²) in [4.78, 5) is 20.9. The quantitative estimate of drug-likeness (QED) is 0.0643. The van der Waals surface area contributed by atoms with Crippen LogP contribution in [0.25, 0.3) is 32.3 Å². The molecule has 7 N–H and O–H groups in total. The minimum Gasteiger partial charge on any atom is -0.508 e. The fraction of sp³-hybridized carbons (Fsp3) is 0.0656. The van der Waals surface area contributed by atoms with E-state index in [0.29, 0.717) is 17.4 Å². The third-order valence-corrected chi connectivity index (χ3v) is 12.0. The molecule has 0 radical (unpaired) electrons. The molecule has 0 heterocycles. The molecule has 0 saturated carbocycles. The van der Waals surface area contributed by atoms with E-state index in [9.17, 15) is 20.1 Å². The molecule has 10 rings (SSSR count). The first-order chi connectivity index (χ1) is 33.8. The maximum atomic E-state index is 10.8. The maximum Gasteiger partial charge on any atom is 0.154 e. The van der Waals surface area contributed by atoms with Gasteiger partial charge >= 0.3 is 0 Å². The lowest BCUT2D eigenvalue weighted by Crippen LogP contribution is -2.26. The standard InChI is InChI=1S/C36H28N2O2.C14H16N2.C11H8O2/c39-30-20-18-26-15-9-16-29(32(26)22-30)23-37-35(27-11-3-1-4-12-27)36(28-13-5-2-6-14-28)38-24-33-31-17-8-7-10-25(31)19-21-34(33)40;15-13(11-7-3-1-4-8-11)14(16)12-9-5-2-6-10-12;12-7-10-9-4-2-1-3-8(9)5-6-11(10)13/h1-24,35-36,39-40H;1-10,13-14H,15-16H2;1-7,13H/t35-,36+;13-,14+;/m0../s1. The number of aromatic hydroxyl groups is 3. The highest BCUT2D eigenvalue weighted by Gasteiger charge is 2.24. The maximum absolute atomic E-state index is 10.8. The predicted molar refractivity (Wildman–Crippen MR) is 283 cm³/mol. The summed E-state index contributed by atoms with van der Waals surface area (Å²) in [6.45, 7) is 0. The molecule has 0 aliphatic carbocycles. The van der Waals surface area contributed by atoms with Crippen LogP contribution in [-0.2, 0) is 0 Å². The number of rotatable bonds is 11. The van der Waals surface area contributed by atoms with E-state index < -0.39 is 0 Å². The van der Waals surface area contributed by atoms with E-state index in [1.165, 1.54) is 6.07 Å². The number of benzene rings is 10. The first-order valence-corrected chi connectivity index (χ1v) is 22.6. The van der Waals surface area contributed by atoms with Crippen molar-refractivity contribution in [3.8, 4) is 17.2 Å². The van der Waals surface area contributed by atoms with Crippen LogP contribution in [0, 0.1) is 0 Å². The third kappa shape index (κ3) is 11.5. The lowest BCUT2D eigenvalue weighted by molar-refractivity contribution is 0.112. The molecule has 0 saturated heterocycles. The topological polar surface area (TPSA) is 155 Å². The van der Waals surface area contributed by atoms with Crippen LogP contribution in [0.1, 0.15) is 67.9 Å². The summed E-state index contributed by atoms with van der Waals surface area (Å²) in [5.41, 5.74) is 18.4. The van der Waals surface area contributed by atoms with Crippen molar-refractivity contribution in [3.63, 3.8) is 0 Å². The second-order valence-corrected chi connectivity index (χ2v) is 16.4. The van der Waals surface area contributed by atoms with Crippen LogP contribution in [0.3, 0.4) is 0 Å². The summed E-state index contributed by atoms with van der Waals surface area (Å²) < 4.78 is 0. The van der Waals surface area contributed by atoms with Gasteiger partial charge in [-0.15, -0.1) is 0 Å². The molecule has 0 spiro atoms. The van der Waals surface area contributed by atoms with Gasteiger partial charge in [0.2, 0.25) is 0 Å². The zero-order valence-electron chi connectivity index (χ0n) is 37.8. The number of aliphatic imine (C=N–C) groups is 2. The summed E-state index contributed by atoms with van der Waals surface area (Å²) >= 11 is 0. The second-order valence-electron chi connectivity index (χ2n) is 16.4. The predicted octanol–water partition coefficient (Wildman–Crippen LogP) is 13.2. The smallest absolute Gasteiger partial charge is 0.154 e. The van der Waals surface area contributed by atoms with Gasteiger partial charge in [-0.1, -0.05) is 206 Å². The highest BCUT2D eigenvalue weighted by molar-refractivity contribution is 6.03. The van der Waals surface area contributed by atoms with Crippen molar-refractivity contribution in [2.75, 3.05) is 0 Å². The summed E-state index contributed by atoms with van der Waals surface area (Å²) in [6.07, 6.45) is 4.33. The van der Waals surface area contributed by atoms with E-state index in [4.69, 9.17) is 21.5 Å². The van der Waals surface area contributed by atoms with Gasteiger partial charge in [0.25, 0.3) is 0 Å². The largest absolute Gasteiger partial charge is 0.508 e. The van der Waals surface area contributed by atoms with Crippen molar-refractivity contribution in [2.24, 2.45) is 21.5 Å². The fourth-order valence-corrected chi connectivity index (χ4v) is 8.31. The van der Waals surface area contributed by atoms with Crippen LogP contribution >= 0.6 is 0 Å². The van der Waals surface area contributed by atoms with Crippen molar-refractivity contribution >= 4 is 51.0 Å². The van der Waals surface area contributed by atoms with E-state index >= 15 is 0 Å². The van der Waals surface area contributed by atoms with Gasteiger partial charge in [0, 0.05) is 35.6 Å². The number of fused-ring (bicyclic) bond motifs is 3. The van der Waals surface area contributed by atoms with E-state index in [1.807, 2.05) is 182 Å². The van der Waals surface area contributed by atoms with Crippen molar-refractivity contribution in [1.29, 1.82) is 0 Å². The Kier molecular flexibility index (Phi) is 15.4. The van der Waals surface area contributed by atoms with Crippen LogP contribution in [0.4, 0.5) is 0 Å². The average molecular weight is 905 g/mol. The van der Waals surface area contributed by atoms with Crippen LogP contribution in [0.15, 0.2) is 241 Å². The molecular formula is C61H52N4O4. The van der Waals surface area contributed by atoms with Gasteiger partial charge in [0.05, 0.1) is 5.56 Å². The van der Waals surface area contributed by atoms with Crippen LogP contribution in [-0.4, -0.2) is 34.0 Å². The number of carbonyl (C=O) groups excluding carboxylic acids is 1. The summed E-state index contributed by atoms with van der Waals surface area (Å²) in [7, 11) is 0. The molecule has 0 fully saturated rings. The lowest BCUT2D eigenvalue weighted by atomic mass is 9.94. The normalized spacial score (nSPS) is 13.0. The Bertz CT molecular complexity index is 3290. The molecule has 0 unspecified atom stereocenters. The molecule has 10 aromatic carbocycles. The van der Waals surface area contributed by atoms with Gasteiger partial charge in [0.1, 0.15) is 29.3 Å². The highest BCUT2D eigenvalue weighted by atomic mass is 16.3. The molecular weight excluding hydrogens is 853 g/mol. The number of hydrogen-bond donors (Lipinski definition) is 5. The molecule has 0 aliphatic heterocycles.